The maximum Gasteiger partial charge on any atom is 0.250 e. The van der Waals surface area contributed by atoms with E-state index in [1.807, 2.05) is 30.3 Å². The summed E-state index contributed by atoms with van der Waals surface area (Å²) in [5.41, 5.74) is 1.69. The number of hydrogen-bond acceptors (Lipinski definition) is 6. The van der Waals surface area contributed by atoms with E-state index in [1.165, 1.54) is 0 Å². The van der Waals surface area contributed by atoms with Crippen molar-refractivity contribution in [1.29, 1.82) is 0 Å². The van der Waals surface area contributed by atoms with E-state index in [0.717, 1.165) is 6.42 Å². The van der Waals surface area contributed by atoms with Crippen LogP contribution in [-0.4, -0.2) is 40.4 Å². The van der Waals surface area contributed by atoms with Crippen molar-refractivity contribution in [2.45, 2.75) is 30.9 Å². The molecule has 2 aromatic heterocycles. The summed E-state index contributed by atoms with van der Waals surface area (Å²) in [7, 11) is 1.66. The third kappa shape index (κ3) is 3.70. The Labute approximate surface area is 212 Å². The lowest BCUT2D eigenvalue weighted by Gasteiger charge is -2.36. The standard InChI is InChI=1S/C27H23ClN4O4/c1-35-17-9-10-27(12-17)26(34)31-21-14-30-25-22(23(21)32-27)19(13-29-25)24(33)18-8-7-16(11-20(18)28)36-15-5-3-2-4-6-15/h2-8,11,13-14,17,32H,9-10,12H2,1H3,(H,29,30)(H,31,34)/t17-,27?/m0/s1. The van der Waals surface area contributed by atoms with Crippen LogP contribution in [0, 0.1) is 0 Å². The Bertz CT molecular complexity index is 1500. The quantitative estimate of drug-likeness (QED) is 0.309. The van der Waals surface area contributed by atoms with E-state index in [-0.39, 0.29) is 22.8 Å². The van der Waals surface area contributed by atoms with E-state index in [2.05, 4.69) is 20.6 Å². The molecule has 1 aliphatic heterocycles. The summed E-state index contributed by atoms with van der Waals surface area (Å²) in [6, 6.07) is 14.3. The lowest BCUT2D eigenvalue weighted by Crippen LogP contribution is -2.51. The monoisotopic (exact) mass is 502 g/mol. The second-order valence-corrected chi connectivity index (χ2v) is 9.53. The van der Waals surface area contributed by atoms with Gasteiger partial charge in [-0.1, -0.05) is 29.8 Å². The number of amides is 1. The molecule has 1 spiro atoms. The first-order valence-electron chi connectivity index (χ1n) is 11.7. The molecule has 2 aromatic carbocycles. The zero-order valence-corrected chi connectivity index (χ0v) is 20.2. The number of methoxy groups -OCH3 is 1. The summed E-state index contributed by atoms with van der Waals surface area (Å²) < 4.78 is 11.3. The number of carbonyl (C=O) groups excluding carboxylic acids is 2. The molecule has 1 saturated carbocycles. The molecule has 36 heavy (non-hydrogen) atoms. The van der Waals surface area contributed by atoms with Gasteiger partial charge in [0.1, 0.15) is 22.7 Å². The minimum absolute atomic E-state index is 0.00937. The van der Waals surface area contributed by atoms with Crippen LogP contribution in [0.15, 0.2) is 60.9 Å². The van der Waals surface area contributed by atoms with Crippen molar-refractivity contribution in [3.05, 3.63) is 77.1 Å². The smallest absolute Gasteiger partial charge is 0.250 e. The fourth-order valence-electron chi connectivity index (χ4n) is 5.07. The molecule has 6 rings (SSSR count). The Morgan fingerprint density at radius 1 is 1.14 bits per heavy atom. The highest BCUT2D eigenvalue weighted by atomic mass is 35.5. The van der Waals surface area contributed by atoms with Gasteiger partial charge in [0, 0.05) is 31.4 Å². The Kier molecular flexibility index (Phi) is 5.43. The van der Waals surface area contributed by atoms with E-state index in [1.54, 1.807) is 37.7 Å². The molecule has 3 N–H and O–H groups in total. The number of hydrogen-bond donors (Lipinski definition) is 3. The van der Waals surface area contributed by atoms with E-state index in [9.17, 15) is 9.59 Å². The molecule has 1 fully saturated rings. The third-order valence-electron chi connectivity index (χ3n) is 6.96. The number of ether oxygens (including phenoxy) is 2. The Morgan fingerprint density at radius 2 is 1.97 bits per heavy atom. The Balaban J connectivity index is 1.36. The van der Waals surface area contributed by atoms with Gasteiger partial charge in [-0.15, -0.1) is 0 Å². The van der Waals surface area contributed by atoms with Gasteiger partial charge >= 0.3 is 0 Å². The summed E-state index contributed by atoms with van der Waals surface area (Å²) in [5.74, 6) is 0.824. The van der Waals surface area contributed by atoms with Gasteiger partial charge in [-0.05, 0) is 37.1 Å². The molecule has 1 amide bonds. The number of nitrogens with zero attached hydrogens (tertiary/aromatic N) is 1. The van der Waals surface area contributed by atoms with Crippen molar-refractivity contribution in [2.24, 2.45) is 0 Å². The van der Waals surface area contributed by atoms with Crippen molar-refractivity contribution in [2.75, 3.05) is 17.7 Å². The van der Waals surface area contributed by atoms with Crippen LogP contribution in [0.5, 0.6) is 11.5 Å². The molecule has 9 heteroatoms. The Morgan fingerprint density at radius 3 is 2.72 bits per heavy atom. The van der Waals surface area contributed by atoms with Gasteiger partial charge in [0.15, 0.2) is 5.78 Å². The largest absolute Gasteiger partial charge is 0.457 e. The predicted molar refractivity (Wildman–Crippen MR) is 137 cm³/mol. The minimum Gasteiger partial charge on any atom is -0.457 e. The minimum atomic E-state index is -0.798. The highest BCUT2D eigenvalue weighted by Gasteiger charge is 2.48. The van der Waals surface area contributed by atoms with Crippen molar-refractivity contribution >= 4 is 45.7 Å². The van der Waals surface area contributed by atoms with Gasteiger partial charge in [0.25, 0.3) is 0 Å². The van der Waals surface area contributed by atoms with Gasteiger partial charge in [0.05, 0.1) is 39.6 Å². The lowest BCUT2D eigenvalue weighted by atomic mass is 9.92. The molecule has 0 bridgehead atoms. The topological polar surface area (TPSA) is 105 Å². The first kappa shape index (κ1) is 22.6. The summed E-state index contributed by atoms with van der Waals surface area (Å²) >= 11 is 6.54. The first-order chi connectivity index (χ1) is 17.5. The van der Waals surface area contributed by atoms with Crippen molar-refractivity contribution in [1.82, 2.24) is 9.97 Å². The SMILES string of the molecule is CO[C@H]1CCC2(C1)Nc1c(cnc3[nH]cc(C(=O)c4ccc(Oc5ccccc5)cc4Cl)c13)NC2=O. The summed E-state index contributed by atoms with van der Waals surface area (Å²) in [5, 5.41) is 7.32. The van der Waals surface area contributed by atoms with E-state index >= 15 is 0 Å². The number of carbonyl (C=O) groups is 2. The fourth-order valence-corrected chi connectivity index (χ4v) is 5.33. The van der Waals surface area contributed by atoms with Crippen LogP contribution in [0.4, 0.5) is 11.4 Å². The van der Waals surface area contributed by atoms with E-state index in [4.69, 9.17) is 21.1 Å². The average Bonchev–Trinajstić information content (AvgIpc) is 3.51. The van der Waals surface area contributed by atoms with Crippen LogP contribution < -0.4 is 15.4 Å². The molecule has 182 valence electrons. The van der Waals surface area contributed by atoms with E-state index < -0.39 is 5.54 Å². The van der Waals surface area contributed by atoms with Crippen LogP contribution in [0.25, 0.3) is 11.0 Å². The first-order valence-corrected chi connectivity index (χ1v) is 12.0. The van der Waals surface area contributed by atoms with Crippen LogP contribution in [0.3, 0.4) is 0 Å². The molecule has 2 aliphatic rings. The van der Waals surface area contributed by atoms with Gasteiger partial charge in [-0.3, -0.25) is 9.59 Å². The zero-order chi connectivity index (χ0) is 24.9. The number of ketones is 1. The van der Waals surface area contributed by atoms with Gasteiger partial charge in [-0.2, -0.15) is 0 Å². The molecule has 8 nitrogen and oxygen atoms in total. The summed E-state index contributed by atoms with van der Waals surface area (Å²) in [6.45, 7) is 0. The highest BCUT2D eigenvalue weighted by molar-refractivity contribution is 6.36. The lowest BCUT2D eigenvalue weighted by molar-refractivity contribution is -0.120. The number of pyridine rings is 1. The normalized spacial score (nSPS) is 20.7. The average molecular weight is 503 g/mol. The number of fused-ring (bicyclic) bond motifs is 3. The number of aromatic amines is 1. The fraction of sp³-hybridized carbons (Fsp3) is 0.222. The van der Waals surface area contributed by atoms with Crippen molar-refractivity contribution < 1.29 is 19.1 Å². The second-order valence-electron chi connectivity index (χ2n) is 9.12. The number of benzene rings is 2. The van der Waals surface area contributed by atoms with Crippen molar-refractivity contribution in [3.63, 3.8) is 0 Å². The number of para-hydroxylation sites is 1. The molecular formula is C27H23ClN4O4. The van der Waals surface area contributed by atoms with Crippen LogP contribution >= 0.6 is 11.6 Å². The molecule has 3 heterocycles. The predicted octanol–water partition coefficient (Wildman–Crippen LogP) is 5.54. The molecule has 2 atom stereocenters. The number of rotatable bonds is 5. The van der Waals surface area contributed by atoms with Gasteiger partial charge in [-0.25, -0.2) is 4.98 Å². The number of aromatic nitrogens is 2. The molecular weight excluding hydrogens is 480 g/mol. The van der Waals surface area contributed by atoms with Crippen LogP contribution in [0.2, 0.25) is 5.02 Å². The molecule has 1 aliphatic carbocycles. The number of anilines is 2. The maximum atomic E-state index is 13.7. The van der Waals surface area contributed by atoms with Crippen molar-refractivity contribution in [3.8, 4) is 11.5 Å². The molecule has 4 aromatic rings. The molecule has 0 saturated heterocycles. The van der Waals surface area contributed by atoms with E-state index in [0.29, 0.717) is 57.9 Å². The highest BCUT2D eigenvalue weighted by Crippen LogP contribution is 2.44. The van der Waals surface area contributed by atoms with Crippen LogP contribution in [-0.2, 0) is 9.53 Å². The third-order valence-corrected chi connectivity index (χ3v) is 7.27. The second kappa shape index (κ2) is 8.65. The molecule has 1 unspecified atom stereocenters. The Hall–Kier alpha value is -3.88. The number of halogens is 1. The summed E-state index contributed by atoms with van der Waals surface area (Å²) in [4.78, 5) is 34.2. The van der Waals surface area contributed by atoms with Crippen LogP contribution in [0.1, 0.15) is 35.2 Å². The zero-order valence-electron chi connectivity index (χ0n) is 19.4. The summed E-state index contributed by atoms with van der Waals surface area (Å²) in [6.07, 6.45) is 5.15. The maximum absolute atomic E-state index is 13.7. The number of nitrogens with one attached hydrogen (secondary N) is 3. The van der Waals surface area contributed by atoms with Gasteiger partial charge in [0.2, 0.25) is 5.91 Å². The number of H-pyrrole nitrogens is 1. The molecule has 0 radical (unpaired) electrons. The van der Waals surface area contributed by atoms with Gasteiger partial charge < -0.3 is 25.1 Å².